The van der Waals surface area contributed by atoms with E-state index in [9.17, 15) is 13.2 Å². The topological polar surface area (TPSA) is 69.2 Å². The Labute approximate surface area is 177 Å². The fourth-order valence-electron chi connectivity index (χ4n) is 4.89. The lowest BCUT2D eigenvalue weighted by molar-refractivity contribution is -0.144. The molecular formula is C20H23ClF3N5O. The quantitative estimate of drug-likeness (QED) is 0.770. The highest BCUT2D eigenvalue weighted by Crippen LogP contribution is 2.59. The molecule has 0 radical (unpaired) electrons. The normalized spacial score (nSPS) is 27.7. The van der Waals surface area contributed by atoms with E-state index in [1.54, 1.807) is 12.3 Å². The van der Waals surface area contributed by atoms with E-state index in [1.807, 2.05) is 10.7 Å². The first kappa shape index (κ1) is 20.1. The van der Waals surface area contributed by atoms with Gasteiger partial charge in [-0.05, 0) is 24.0 Å². The average molecular weight is 442 g/mol. The average Bonchev–Trinajstić information content (AvgIpc) is 2.97. The number of hydrogen-bond donors (Lipinski definition) is 1. The summed E-state index contributed by atoms with van der Waals surface area (Å²) in [6, 6.07) is 3.77. The lowest BCUT2D eigenvalue weighted by atomic mass is 9.88. The number of alkyl halides is 3. The number of nitrogens with zero attached hydrogens (tertiary/aromatic N) is 4. The monoisotopic (exact) mass is 441 g/mol. The molecule has 162 valence electrons. The predicted molar refractivity (Wildman–Crippen MR) is 106 cm³/mol. The molecular weight excluding hydrogens is 419 g/mol. The van der Waals surface area contributed by atoms with Gasteiger partial charge in [0.25, 0.3) is 0 Å². The summed E-state index contributed by atoms with van der Waals surface area (Å²) in [6.07, 6.45) is -2.51. The van der Waals surface area contributed by atoms with Crippen LogP contribution < -0.4 is 5.73 Å². The number of aromatic nitrogens is 3. The number of ether oxygens (including phenoxy) is 1. The van der Waals surface area contributed by atoms with Crippen molar-refractivity contribution in [2.24, 2.45) is 17.3 Å². The number of pyridine rings is 1. The van der Waals surface area contributed by atoms with Gasteiger partial charge < -0.3 is 10.5 Å². The number of rotatable bonds is 5. The maximum Gasteiger partial charge on any atom is 0.401 e. The van der Waals surface area contributed by atoms with Gasteiger partial charge in [0.15, 0.2) is 0 Å². The van der Waals surface area contributed by atoms with Crippen molar-refractivity contribution in [1.29, 1.82) is 0 Å². The molecule has 2 aromatic rings. The molecule has 2 aliphatic heterocycles. The third-order valence-corrected chi connectivity index (χ3v) is 6.73. The van der Waals surface area contributed by atoms with Gasteiger partial charge >= 0.3 is 6.18 Å². The highest BCUT2D eigenvalue weighted by molar-refractivity contribution is 6.33. The van der Waals surface area contributed by atoms with Crippen LogP contribution in [0.2, 0.25) is 5.02 Å². The van der Waals surface area contributed by atoms with Crippen molar-refractivity contribution >= 4 is 17.4 Å². The fraction of sp³-hybridized carbons (Fsp3) is 0.600. The van der Waals surface area contributed by atoms with Gasteiger partial charge in [-0.15, -0.1) is 0 Å². The van der Waals surface area contributed by atoms with Crippen LogP contribution in [0.1, 0.15) is 18.5 Å². The molecule has 2 aromatic heterocycles. The summed E-state index contributed by atoms with van der Waals surface area (Å²) in [7, 11) is 0. The molecule has 6 nitrogen and oxygen atoms in total. The Morgan fingerprint density at radius 3 is 2.53 bits per heavy atom. The molecule has 0 amide bonds. The van der Waals surface area contributed by atoms with Gasteiger partial charge in [-0.25, -0.2) is 4.98 Å². The summed E-state index contributed by atoms with van der Waals surface area (Å²) in [5.74, 6) is 0.988. The van der Waals surface area contributed by atoms with E-state index in [-0.39, 0.29) is 29.0 Å². The van der Waals surface area contributed by atoms with Crippen LogP contribution in [0.3, 0.4) is 0 Å². The summed E-state index contributed by atoms with van der Waals surface area (Å²) < 4.78 is 45.6. The zero-order valence-electron chi connectivity index (χ0n) is 16.5. The number of piperidine rings is 1. The third kappa shape index (κ3) is 3.67. The molecule has 1 aliphatic carbocycles. The van der Waals surface area contributed by atoms with Crippen molar-refractivity contribution in [1.82, 2.24) is 19.7 Å². The molecule has 3 aliphatic rings. The standard InChI is InChI=1S/C20H23ClF3N5O/c1-19(9-30-10-19)7-29-16(3-15(27-29)11-2-14(21)18(25)26-4-11)17-12-5-28(6-13(12)17)8-20(22,23)24/h2-4,12-13,17H,5-10H2,1H3,(H2,25,26). The van der Waals surface area contributed by atoms with Gasteiger partial charge in [-0.3, -0.25) is 9.58 Å². The predicted octanol–water partition coefficient (Wildman–Crippen LogP) is 3.42. The zero-order chi connectivity index (χ0) is 21.3. The summed E-state index contributed by atoms with van der Waals surface area (Å²) >= 11 is 6.13. The second kappa shape index (κ2) is 6.83. The van der Waals surface area contributed by atoms with E-state index in [0.29, 0.717) is 37.9 Å². The summed E-state index contributed by atoms with van der Waals surface area (Å²) in [6.45, 7) is 4.34. The van der Waals surface area contributed by atoms with Crippen LogP contribution in [0.15, 0.2) is 18.3 Å². The number of nitrogens with two attached hydrogens (primary N) is 1. The zero-order valence-corrected chi connectivity index (χ0v) is 17.2. The number of likely N-dealkylation sites (tertiary alicyclic amines) is 1. The Morgan fingerprint density at radius 2 is 1.97 bits per heavy atom. The van der Waals surface area contributed by atoms with Crippen molar-refractivity contribution in [3.05, 3.63) is 29.0 Å². The van der Waals surface area contributed by atoms with Gasteiger partial charge in [0.05, 0.1) is 37.0 Å². The first-order chi connectivity index (χ1) is 14.1. The molecule has 5 rings (SSSR count). The van der Waals surface area contributed by atoms with Crippen LogP contribution in [0.4, 0.5) is 19.0 Å². The Morgan fingerprint density at radius 1 is 1.27 bits per heavy atom. The Hall–Kier alpha value is -1.84. The highest BCUT2D eigenvalue weighted by atomic mass is 35.5. The summed E-state index contributed by atoms with van der Waals surface area (Å²) in [5, 5.41) is 5.18. The van der Waals surface area contributed by atoms with Crippen LogP contribution in [0, 0.1) is 17.3 Å². The van der Waals surface area contributed by atoms with Crippen molar-refractivity contribution in [3.8, 4) is 11.3 Å². The molecule has 1 saturated carbocycles. The van der Waals surface area contributed by atoms with Crippen molar-refractivity contribution < 1.29 is 17.9 Å². The number of anilines is 1. The van der Waals surface area contributed by atoms with E-state index in [1.165, 1.54) is 4.90 Å². The lowest BCUT2D eigenvalue weighted by Crippen LogP contribution is -2.43. The molecule has 3 fully saturated rings. The maximum absolute atomic E-state index is 12.7. The molecule has 2 atom stereocenters. The van der Waals surface area contributed by atoms with E-state index in [4.69, 9.17) is 27.2 Å². The molecule has 30 heavy (non-hydrogen) atoms. The lowest BCUT2D eigenvalue weighted by Gasteiger charge is -2.38. The Balaban J connectivity index is 1.40. The van der Waals surface area contributed by atoms with Crippen LogP contribution >= 0.6 is 11.6 Å². The highest BCUT2D eigenvalue weighted by Gasteiger charge is 2.58. The van der Waals surface area contributed by atoms with Gasteiger partial charge in [0.2, 0.25) is 0 Å². The third-order valence-electron chi connectivity index (χ3n) is 6.42. The molecule has 10 heteroatoms. The maximum atomic E-state index is 12.7. The van der Waals surface area contributed by atoms with Crippen molar-refractivity contribution in [2.45, 2.75) is 25.6 Å². The molecule has 0 aromatic carbocycles. The van der Waals surface area contributed by atoms with Gasteiger partial charge in [-0.1, -0.05) is 18.5 Å². The molecule has 2 unspecified atom stereocenters. The molecule has 0 spiro atoms. The second-order valence-corrected chi connectivity index (χ2v) is 9.58. The fourth-order valence-corrected chi connectivity index (χ4v) is 5.06. The van der Waals surface area contributed by atoms with Gasteiger partial charge in [-0.2, -0.15) is 18.3 Å². The van der Waals surface area contributed by atoms with Crippen LogP contribution in [0.25, 0.3) is 11.3 Å². The summed E-state index contributed by atoms with van der Waals surface area (Å²) in [5.41, 5.74) is 8.33. The van der Waals surface area contributed by atoms with Gasteiger partial charge in [0.1, 0.15) is 5.82 Å². The minimum atomic E-state index is -4.15. The number of halogens is 4. The number of hydrogen-bond acceptors (Lipinski definition) is 5. The second-order valence-electron chi connectivity index (χ2n) is 9.17. The summed E-state index contributed by atoms with van der Waals surface area (Å²) in [4.78, 5) is 5.63. The van der Waals surface area contributed by atoms with E-state index in [0.717, 1.165) is 17.0 Å². The smallest absolute Gasteiger partial charge is 0.382 e. The first-order valence-corrected chi connectivity index (χ1v) is 10.4. The molecule has 0 bridgehead atoms. The Kier molecular flexibility index (Phi) is 4.57. The molecule has 2 N–H and O–H groups in total. The minimum absolute atomic E-state index is 0.0152. The largest absolute Gasteiger partial charge is 0.401 e. The van der Waals surface area contributed by atoms with E-state index in [2.05, 4.69) is 11.9 Å². The minimum Gasteiger partial charge on any atom is -0.382 e. The first-order valence-electron chi connectivity index (χ1n) is 9.98. The van der Waals surface area contributed by atoms with E-state index < -0.39 is 12.7 Å². The molecule has 2 saturated heterocycles. The SMILES string of the molecule is CC1(Cn2nc(-c3cnc(N)c(Cl)c3)cc2C2C3CN(CC(F)(F)F)CC32)COC1. The van der Waals surface area contributed by atoms with Crippen LogP contribution in [-0.2, 0) is 11.3 Å². The number of fused-ring (bicyclic) bond motifs is 1. The van der Waals surface area contributed by atoms with Gasteiger partial charge in [0, 0.05) is 41.9 Å². The van der Waals surface area contributed by atoms with Crippen molar-refractivity contribution in [3.63, 3.8) is 0 Å². The number of nitrogen functional groups attached to an aromatic ring is 1. The van der Waals surface area contributed by atoms with E-state index >= 15 is 0 Å². The van der Waals surface area contributed by atoms with Crippen molar-refractivity contribution in [2.75, 3.05) is 38.6 Å². The Bertz CT molecular complexity index is 962. The van der Waals surface area contributed by atoms with Crippen LogP contribution in [0.5, 0.6) is 0 Å². The molecule has 4 heterocycles. The van der Waals surface area contributed by atoms with Crippen LogP contribution in [-0.4, -0.2) is 58.7 Å².